The topological polar surface area (TPSA) is 149 Å². The molecule has 0 radical (unpaired) electrons. The molecule has 0 aromatic heterocycles. The predicted molar refractivity (Wildman–Crippen MR) is 258 cm³/mol. The van der Waals surface area contributed by atoms with Gasteiger partial charge in [0.25, 0.3) is 0 Å². The fourth-order valence-corrected chi connectivity index (χ4v) is 8.81. The number of ether oxygens (including phenoxy) is 2. The Bertz CT molecular complexity index is 981. The van der Waals surface area contributed by atoms with Crippen LogP contribution in [0.3, 0.4) is 0 Å². The third-order valence-corrected chi connectivity index (χ3v) is 13.1. The van der Waals surface area contributed by atoms with Gasteiger partial charge in [0.1, 0.15) is 24.4 Å². The standard InChI is InChI=1S/C53H103NO8/c1-3-5-7-9-11-13-15-17-19-20-21-22-23-24-25-26-27-29-31-33-35-37-39-41-43-49(57)54-46(45-61-53-52(60)51(59)50(58)48(44-55)62-53)47(56)42-40-38-36-34-32-30-28-18-16-14-12-10-8-6-4-2/h40,42,46-48,50-53,55-56,58-60H,3-39,41,43-45H2,1-2H3,(H,54,57)/b42-40+/t46-,47+,48+,50-,51?,52?,53+/m0/s1. The van der Waals surface area contributed by atoms with Gasteiger partial charge < -0.3 is 40.3 Å². The van der Waals surface area contributed by atoms with Crippen LogP contribution in [-0.4, -0.2) is 87.5 Å². The van der Waals surface area contributed by atoms with Gasteiger partial charge in [-0.3, -0.25) is 4.79 Å². The minimum absolute atomic E-state index is 0.171. The Morgan fingerprint density at radius 3 is 1.26 bits per heavy atom. The number of aliphatic hydroxyl groups excluding tert-OH is 5. The number of hydrogen-bond donors (Lipinski definition) is 6. The molecule has 368 valence electrons. The van der Waals surface area contributed by atoms with Gasteiger partial charge in [0.05, 0.1) is 25.4 Å². The zero-order valence-electron chi connectivity index (χ0n) is 40.6. The van der Waals surface area contributed by atoms with E-state index < -0.39 is 49.5 Å². The molecule has 1 rings (SSSR count). The zero-order valence-corrected chi connectivity index (χ0v) is 40.6. The molecule has 2 unspecified atom stereocenters. The van der Waals surface area contributed by atoms with Crippen LogP contribution in [0.4, 0.5) is 0 Å². The fourth-order valence-electron chi connectivity index (χ4n) is 8.81. The fraction of sp³-hybridized carbons (Fsp3) is 0.943. The quantitative estimate of drug-likeness (QED) is 0.0261. The van der Waals surface area contributed by atoms with Gasteiger partial charge in [0, 0.05) is 6.42 Å². The second-order valence-electron chi connectivity index (χ2n) is 19.0. The van der Waals surface area contributed by atoms with E-state index >= 15 is 0 Å². The molecule has 6 N–H and O–H groups in total. The highest BCUT2D eigenvalue weighted by atomic mass is 16.7. The van der Waals surface area contributed by atoms with Gasteiger partial charge in [-0.15, -0.1) is 0 Å². The number of allylic oxidation sites excluding steroid dienone is 1. The van der Waals surface area contributed by atoms with E-state index in [1.807, 2.05) is 6.08 Å². The van der Waals surface area contributed by atoms with E-state index in [1.54, 1.807) is 6.08 Å². The van der Waals surface area contributed by atoms with Crippen molar-refractivity contribution in [3.8, 4) is 0 Å². The van der Waals surface area contributed by atoms with Gasteiger partial charge in [-0.05, 0) is 19.3 Å². The van der Waals surface area contributed by atoms with Crippen LogP contribution < -0.4 is 5.32 Å². The number of unbranched alkanes of at least 4 members (excludes halogenated alkanes) is 36. The first-order valence-electron chi connectivity index (χ1n) is 26.9. The highest BCUT2D eigenvalue weighted by molar-refractivity contribution is 5.76. The third kappa shape index (κ3) is 33.4. The minimum atomic E-state index is -1.56. The molecule has 9 heteroatoms. The molecule has 0 spiro atoms. The van der Waals surface area contributed by atoms with Gasteiger partial charge in [-0.25, -0.2) is 0 Å². The number of amides is 1. The van der Waals surface area contributed by atoms with E-state index in [9.17, 15) is 30.3 Å². The van der Waals surface area contributed by atoms with Crippen LogP contribution in [0, 0.1) is 0 Å². The molecular weight excluding hydrogens is 779 g/mol. The van der Waals surface area contributed by atoms with Crippen LogP contribution in [0.15, 0.2) is 12.2 Å². The summed E-state index contributed by atoms with van der Waals surface area (Å²) < 4.78 is 11.2. The lowest BCUT2D eigenvalue weighted by Crippen LogP contribution is -2.60. The highest BCUT2D eigenvalue weighted by Crippen LogP contribution is 2.23. The number of aliphatic hydroxyl groups is 5. The Hall–Kier alpha value is -1.07. The third-order valence-electron chi connectivity index (χ3n) is 13.1. The average Bonchev–Trinajstić information content (AvgIpc) is 3.27. The first kappa shape index (κ1) is 58.9. The molecule has 1 amide bonds. The smallest absolute Gasteiger partial charge is 0.220 e. The molecular formula is C53H103NO8. The maximum atomic E-state index is 13.0. The van der Waals surface area contributed by atoms with Crippen molar-refractivity contribution in [1.29, 1.82) is 0 Å². The van der Waals surface area contributed by atoms with Crippen LogP contribution in [0.2, 0.25) is 0 Å². The van der Waals surface area contributed by atoms with Gasteiger partial charge >= 0.3 is 0 Å². The maximum absolute atomic E-state index is 13.0. The van der Waals surface area contributed by atoms with E-state index in [0.29, 0.717) is 6.42 Å². The van der Waals surface area contributed by atoms with Crippen molar-refractivity contribution in [2.45, 2.75) is 307 Å². The molecule has 7 atom stereocenters. The van der Waals surface area contributed by atoms with Gasteiger partial charge in [-0.1, -0.05) is 251 Å². The molecule has 9 nitrogen and oxygen atoms in total. The van der Waals surface area contributed by atoms with Gasteiger partial charge in [0.2, 0.25) is 5.91 Å². The van der Waals surface area contributed by atoms with Crippen molar-refractivity contribution in [2.75, 3.05) is 13.2 Å². The zero-order chi connectivity index (χ0) is 45.1. The normalized spacial score (nSPS) is 20.3. The summed E-state index contributed by atoms with van der Waals surface area (Å²) in [6.07, 6.45) is 45.5. The Labute approximate surface area is 382 Å². The van der Waals surface area contributed by atoms with Gasteiger partial charge in [-0.2, -0.15) is 0 Å². The highest BCUT2D eigenvalue weighted by Gasteiger charge is 2.44. The summed E-state index contributed by atoms with van der Waals surface area (Å²) in [6, 6.07) is -0.799. The number of carbonyl (C=O) groups excluding carboxylic acids is 1. The van der Waals surface area contributed by atoms with Gasteiger partial charge in [0.15, 0.2) is 6.29 Å². The molecule has 1 aliphatic heterocycles. The Kier molecular flexibility index (Phi) is 41.6. The van der Waals surface area contributed by atoms with Crippen molar-refractivity contribution < 1.29 is 39.8 Å². The number of hydrogen-bond acceptors (Lipinski definition) is 8. The van der Waals surface area contributed by atoms with E-state index in [0.717, 1.165) is 38.5 Å². The van der Waals surface area contributed by atoms with Crippen molar-refractivity contribution in [3.63, 3.8) is 0 Å². The lowest BCUT2D eigenvalue weighted by molar-refractivity contribution is -0.302. The monoisotopic (exact) mass is 882 g/mol. The van der Waals surface area contributed by atoms with Crippen LogP contribution in [0.1, 0.15) is 264 Å². The van der Waals surface area contributed by atoms with Crippen molar-refractivity contribution in [1.82, 2.24) is 5.32 Å². The van der Waals surface area contributed by atoms with Crippen LogP contribution in [0.25, 0.3) is 0 Å². The van der Waals surface area contributed by atoms with E-state index in [1.165, 1.54) is 205 Å². The Morgan fingerprint density at radius 2 is 0.887 bits per heavy atom. The average molecular weight is 882 g/mol. The maximum Gasteiger partial charge on any atom is 0.220 e. The molecule has 1 fully saturated rings. The minimum Gasteiger partial charge on any atom is -0.394 e. The molecule has 1 saturated heterocycles. The first-order chi connectivity index (χ1) is 30.3. The van der Waals surface area contributed by atoms with Crippen molar-refractivity contribution >= 4 is 5.91 Å². The summed E-state index contributed by atoms with van der Waals surface area (Å²) >= 11 is 0. The largest absolute Gasteiger partial charge is 0.394 e. The number of rotatable bonds is 46. The summed E-state index contributed by atoms with van der Waals surface area (Å²) in [5, 5.41) is 54.4. The van der Waals surface area contributed by atoms with Crippen molar-refractivity contribution in [3.05, 3.63) is 12.2 Å². The lowest BCUT2D eigenvalue weighted by Gasteiger charge is -2.40. The van der Waals surface area contributed by atoms with E-state index in [-0.39, 0.29) is 12.5 Å². The lowest BCUT2D eigenvalue weighted by atomic mass is 9.99. The molecule has 0 bridgehead atoms. The first-order valence-corrected chi connectivity index (χ1v) is 26.9. The van der Waals surface area contributed by atoms with Crippen molar-refractivity contribution in [2.24, 2.45) is 0 Å². The number of nitrogens with one attached hydrogen (secondary N) is 1. The Morgan fingerprint density at radius 1 is 0.532 bits per heavy atom. The van der Waals surface area contributed by atoms with Crippen LogP contribution >= 0.6 is 0 Å². The molecule has 0 saturated carbocycles. The SMILES string of the molecule is CCCCCCCCCCCCCCC/C=C/[C@@H](O)[C@H](CO[C@@H]1O[C@H](CO)[C@H](O)C(O)C1O)NC(=O)CCCCCCCCCCCCCCCCCCCCCCCCCC. The summed E-state index contributed by atoms with van der Waals surface area (Å²) in [5.41, 5.74) is 0. The molecule has 0 aromatic carbocycles. The predicted octanol–water partition coefficient (Wildman–Crippen LogP) is 12.5. The number of carbonyl (C=O) groups is 1. The molecule has 62 heavy (non-hydrogen) atoms. The van der Waals surface area contributed by atoms with E-state index in [2.05, 4.69) is 19.2 Å². The second kappa shape index (κ2) is 43.8. The summed E-state index contributed by atoms with van der Waals surface area (Å²) in [7, 11) is 0. The Balaban J connectivity index is 2.22. The molecule has 1 aliphatic rings. The van der Waals surface area contributed by atoms with E-state index in [4.69, 9.17) is 9.47 Å². The second-order valence-corrected chi connectivity index (χ2v) is 19.0. The summed E-state index contributed by atoms with van der Waals surface area (Å²) in [6.45, 7) is 3.81. The summed E-state index contributed by atoms with van der Waals surface area (Å²) in [4.78, 5) is 13.0. The molecule has 1 heterocycles. The van der Waals surface area contributed by atoms with Crippen LogP contribution in [-0.2, 0) is 14.3 Å². The van der Waals surface area contributed by atoms with Crippen LogP contribution in [0.5, 0.6) is 0 Å². The summed E-state index contributed by atoms with van der Waals surface area (Å²) in [5.74, 6) is -0.171. The molecule has 0 aliphatic carbocycles. The molecule has 0 aromatic rings.